The lowest BCUT2D eigenvalue weighted by atomic mass is 10.1. The Hall–Kier alpha value is -2.71. The SMILES string of the molecule is CC(=O)N1C(=O)/C(=C2\SC(=Nc3ccc(Br)cc3)NC2=O)c2ccccc21. The smallest absolute Gasteiger partial charge is 0.267 e. The van der Waals surface area contributed by atoms with Gasteiger partial charge in [0.25, 0.3) is 11.8 Å². The van der Waals surface area contributed by atoms with Gasteiger partial charge in [0.05, 0.1) is 21.9 Å². The van der Waals surface area contributed by atoms with Crippen LogP contribution in [0, 0.1) is 0 Å². The third kappa shape index (κ3) is 3.11. The van der Waals surface area contributed by atoms with Gasteiger partial charge in [0.1, 0.15) is 0 Å². The van der Waals surface area contributed by atoms with Gasteiger partial charge in [0, 0.05) is 17.0 Å². The van der Waals surface area contributed by atoms with Crippen molar-refractivity contribution in [3.8, 4) is 0 Å². The molecule has 0 radical (unpaired) electrons. The van der Waals surface area contributed by atoms with Crippen LogP contribution in [0.15, 0.2) is 62.9 Å². The lowest BCUT2D eigenvalue weighted by Gasteiger charge is -2.11. The zero-order chi connectivity index (χ0) is 19.1. The van der Waals surface area contributed by atoms with E-state index in [9.17, 15) is 14.4 Å². The van der Waals surface area contributed by atoms with Gasteiger partial charge in [-0.25, -0.2) is 9.89 Å². The number of anilines is 1. The molecule has 0 aromatic heterocycles. The number of hydrogen-bond donors (Lipinski definition) is 1. The maximum Gasteiger partial charge on any atom is 0.267 e. The monoisotopic (exact) mass is 441 g/mol. The van der Waals surface area contributed by atoms with Crippen LogP contribution in [0.25, 0.3) is 5.57 Å². The molecule has 2 aromatic carbocycles. The van der Waals surface area contributed by atoms with Crippen molar-refractivity contribution in [2.45, 2.75) is 6.92 Å². The van der Waals surface area contributed by atoms with Crippen LogP contribution in [0.3, 0.4) is 0 Å². The zero-order valence-electron chi connectivity index (χ0n) is 14.0. The summed E-state index contributed by atoms with van der Waals surface area (Å²) in [6.07, 6.45) is 0. The minimum atomic E-state index is -0.494. The summed E-state index contributed by atoms with van der Waals surface area (Å²) < 4.78 is 0.926. The van der Waals surface area contributed by atoms with Gasteiger partial charge >= 0.3 is 0 Å². The summed E-state index contributed by atoms with van der Waals surface area (Å²) in [6, 6.07) is 14.3. The first-order valence-corrected chi connectivity index (χ1v) is 9.59. The van der Waals surface area contributed by atoms with E-state index in [0.717, 1.165) is 21.1 Å². The molecule has 0 bridgehead atoms. The molecular weight excluding hydrogens is 430 g/mol. The summed E-state index contributed by atoms with van der Waals surface area (Å²) in [4.78, 5) is 43.0. The Morgan fingerprint density at radius 1 is 1.11 bits per heavy atom. The number of amides is 3. The van der Waals surface area contributed by atoms with Gasteiger partial charge in [0.15, 0.2) is 5.17 Å². The van der Waals surface area contributed by atoms with E-state index in [1.807, 2.05) is 24.3 Å². The molecule has 0 unspecified atom stereocenters. The van der Waals surface area contributed by atoms with Gasteiger partial charge in [-0.3, -0.25) is 14.4 Å². The molecule has 0 aliphatic carbocycles. The molecule has 1 fully saturated rings. The Labute approximate surface area is 167 Å². The minimum absolute atomic E-state index is 0.226. The predicted octanol–water partition coefficient (Wildman–Crippen LogP) is 3.60. The number of para-hydroxylation sites is 1. The first kappa shape index (κ1) is 17.7. The van der Waals surface area contributed by atoms with Gasteiger partial charge in [0.2, 0.25) is 5.91 Å². The second kappa shape index (κ2) is 6.79. The molecule has 0 spiro atoms. The number of fused-ring (bicyclic) bond motifs is 1. The molecule has 1 saturated heterocycles. The van der Waals surface area contributed by atoms with Crippen molar-refractivity contribution < 1.29 is 14.4 Å². The quantitative estimate of drug-likeness (QED) is 0.685. The van der Waals surface area contributed by atoms with Crippen LogP contribution < -0.4 is 10.2 Å². The van der Waals surface area contributed by atoms with E-state index in [0.29, 0.717) is 22.1 Å². The minimum Gasteiger partial charge on any atom is -0.300 e. The fraction of sp³-hybridized carbons (Fsp3) is 0.0526. The van der Waals surface area contributed by atoms with Crippen LogP contribution in [0.2, 0.25) is 0 Å². The lowest BCUT2D eigenvalue weighted by molar-refractivity contribution is -0.122. The fourth-order valence-corrected chi connectivity index (χ4v) is 4.11. The number of amidine groups is 1. The van der Waals surface area contributed by atoms with Crippen LogP contribution >= 0.6 is 27.7 Å². The predicted molar refractivity (Wildman–Crippen MR) is 108 cm³/mol. The number of carbonyl (C=O) groups is 3. The molecule has 134 valence electrons. The second-order valence-electron chi connectivity index (χ2n) is 5.83. The Balaban J connectivity index is 1.77. The van der Waals surface area contributed by atoms with Crippen LogP contribution in [-0.4, -0.2) is 22.9 Å². The van der Waals surface area contributed by atoms with Gasteiger partial charge < -0.3 is 5.32 Å². The first-order valence-electron chi connectivity index (χ1n) is 7.98. The number of carbonyl (C=O) groups excluding carboxylic acids is 3. The number of hydrogen-bond acceptors (Lipinski definition) is 5. The molecule has 3 amide bonds. The average Bonchev–Trinajstić information content (AvgIpc) is 3.13. The van der Waals surface area contributed by atoms with Crippen molar-refractivity contribution in [3.05, 3.63) is 63.5 Å². The molecule has 6 nitrogen and oxygen atoms in total. The normalized spacial score (nSPS) is 20.2. The molecule has 27 heavy (non-hydrogen) atoms. The summed E-state index contributed by atoms with van der Waals surface area (Å²) in [5, 5.41) is 3.07. The molecule has 2 aromatic rings. The number of halogens is 1. The lowest BCUT2D eigenvalue weighted by Crippen LogP contribution is -2.31. The Bertz CT molecular complexity index is 1060. The maximum absolute atomic E-state index is 12.8. The van der Waals surface area contributed by atoms with Crippen LogP contribution in [0.4, 0.5) is 11.4 Å². The number of benzene rings is 2. The Morgan fingerprint density at radius 3 is 2.52 bits per heavy atom. The zero-order valence-corrected chi connectivity index (χ0v) is 16.4. The Kier molecular flexibility index (Phi) is 4.45. The highest BCUT2D eigenvalue weighted by Gasteiger charge is 2.40. The standard InChI is InChI=1S/C19H12BrN3O3S/c1-10(24)23-14-5-3-2-4-13(14)15(18(23)26)16-17(25)22-19(27-16)21-12-8-6-11(20)7-9-12/h2-9H,1H3,(H,21,22,25)/b16-15-. The van der Waals surface area contributed by atoms with E-state index >= 15 is 0 Å². The molecule has 0 saturated carbocycles. The van der Waals surface area contributed by atoms with Crippen LogP contribution in [0.5, 0.6) is 0 Å². The summed E-state index contributed by atoms with van der Waals surface area (Å²) in [5.74, 6) is -1.29. The largest absolute Gasteiger partial charge is 0.300 e. The van der Waals surface area contributed by atoms with E-state index in [1.165, 1.54) is 6.92 Å². The summed E-state index contributed by atoms with van der Waals surface area (Å²) in [5.41, 5.74) is 1.96. The molecule has 1 N–H and O–H groups in total. The first-order chi connectivity index (χ1) is 13.0. The van der Waals surface area contributed by atoms with Gasteiger partial charge in [-0.1, -0.05) is 34.1 Å². The summed E-state index contributed by atoms with van der Waals surface area (Å²) in [6.45, 7) is 1.32. The highest BCUT2D eigenvalue weighted by molar-refractivity contribution is 9.10. The number of imide groups is 1. The van der Waals surface area contributed by atoms with Crippen molar-refractivity contribution in [3.63, 3.8) is 0 Å². The van der Waals surface area contributed by atoms with E-state index in [2.05, 4.69) is 26.2 Å². The third-order valence-electron chi connectivity index (χ3n) is 4.06. The molecular formula is C19H12BrN3O3S. The number of nitrogens with one attached hydrogen (secondary N) is 1. The maximum atomic E-state index is 12.8. The van der Waals surface area contributed by atoms with Crippen LogP contribution in [-0.2, 0) is 14.4 Å². The second-order valence-corrected chi connectivity index (χ2v) is 7.75. The molecule has 0 atom stereocenters. The van der Waals surface area contributed by atoms with Crippen molar-refractivity contribution in [2.75, 3.05) is 4.90 Å². The van der Waals surface area contributed by atoms with E-state index in [-0.39, 0.29) is 10.5 Å². The molecule has 8 heteroatoms. The summed E-state index contributed by atoms with van der Waals surface area (Å²) >= 11 is 4.46. The third-order valence-corrected chi connectivity index (χ3v) is 5.56. The van der Waals surface area contributed by atoms with Crippen molar-refractivity contribution in [1.82, 2.24) is 5.32 Å². The number of nitrogens with zero attached hydrogens (tertiary/aromatic N) is 2. The van der Waals surface area contributed by atoms with Crippen molar-refractivity contribution >= 4 is 67.5 Å². The van der Waals surface area contributed by atoms with Gasteiger partial charge in [-0.05, 0) is 42.1 Å². The van der Waals surface area contributed by atoms with E-state index in [4.69, 9.17) is 0 Å². The number of aliphatic imine (C=N–C) groups is 1. The average molecular weight is 442 g/mol. The van der Waals surface area contributed by atoms with Crippen molar-refractivity contribution in [1.29, 1.82) is 0 Å². The summed E-state index contributed by atoms with van der Waals surface area (Å²) in [7, 11) is 0. The Morgan fingerprint density at radius 2 is 1.81 bits per heavy atom. The van der Waals surface area contributed by atoms with Crippen molar-refractivity contribution in [2.24, 2.45) is 4.99 Å². The number of rotatable bonds is 1. The highest BCUT2D eigenvalue weighted by Crippen LogP contribution is 2.42. The molecule has 2 aliphatic rings. The van der Waals surface area contributed by atoms with Gasteiger partial charge in [-0.15, -0.1) is 0 Å². The molecule has 2 heterocycles. The van der Waals surface area contributed by atoms with E-state index in [1.54, 1.807) is 24.3 Å². The number of thioether (sulfide) groups is 1. The van der Waals surface area contributed by atoms with Gasteiger partial charge in [-0.2, -0.15) is 0 Å². The molecule has 4 rings (SSSR count). The van der Waals surface area contributed by atoms with E-state index < -0.39 is 17.7 Å². The fourth-order valence-electron chi connectivity index (χ4n) is 2.92. The highest BCUT2D eigenvalue weighted by atomic mass is 79.9. The topological polar surface area (TPSA) is 78.8 Å². The van der Waals surface area contributed by atoms with Crippen LogP contribution in [0.1, 0.15) is 12.5 Å². The molecule has 2 aliphatic heterocycles.